The van der Waals surface area contributed by atoms with Gasteiger partial charge in [0, 0.05) is 22.7 Å². The molecule has 0 bridgehead atoms. The first kappa shape index (κ1) is 26.3. The molecule has 5 rings (SSSR count). The minimum Gasteiger partial charge on any atom is -0.344 e. The largest absolute Gasteiger partial charge is 0.344 e. The third-order valence-corrected chi connectivity index (χ3v) is 7.69. The summed E-state index contributed by atoms with van der Waals surface area (Å²) >= 11 is 0. The number of pyridine rings is 1. The molecule has 0 aliphatic rings. The lowest BCUT2D eigenvalue weighted by Gasteiger charge is -2.15. The van der Waals surface area contributed by atoms with E-state index in [-0.39, 0.29) is 22.1 Å². The number of aromatic nitrogens is 4. The number of carbonyl (C=O) groups is 1. The van der Waals surface area contributed by atoms with Gasteiger partial charge < -0.3 is 10.3 Å². The van der Waals surface area contributed by atoms with E-state index >= 15 is 0 Å². The molecule has 3 aromatic heterocycles. The summed E-state index contributed by atoms with van der Waals surface area (Å²) in [5.74, 6) is -0.612. The number of H-pyrrole nitrogens is 1. The lowest BCUT2D eigenvalue weighted by Crippen LogP contribution is -2.28. The maximum Gasteiger partial charge on any atom is 0.274 e. The fourth-order valence-electron chi connectivity index (χ4n) is 4.70. The van der Waals surface area contributed by atoms with E-state index in [2.05, 4.69) is 20.4 Å². The molecule has 39 heavy (non-hydrogen) atoms. The van der Waals surface area contributed by atoms with Crippen LogP contribution in [0.15, 0.2) is 70.6 Å². The van der Waals surface area contributed by atoms with Crippen molar-refractivity contribution >= 4 is 32.4 Å². The number of benzene rings is 2. The maximum absolute atomic E-state index is 13.4. The zero-order valence-corrected chi connectivity index (χ0v) is 22.7. The monoisotopic (exact) mass is 544 g/mol. The molecular weight excluding hydrogens is 516 g/mol. The Balaban J connectivity index is 1.52. The number of nitrogens with zero attached hydrogens (tertiary/aromatic N) is 3. The van der Waals surface area contributed by atoms with Crippen molar-refractivity contribution in [2.45, 2.75) is 44.6 Å². The highest BCUT2D eigenvalue weighted by molar-refractivity contribution is 7.89. The van der Waals surface area contributed by atoms with Crippen LogP contribution in [-0.4, -0.2) is 33.9 Å². The Morgan fingerprint density at radius 2 is 1.82 bits per heavy atom. The van der Waals surface area contributed by atoms with E-state index in [0.29, 0.717) is 22.3 Å². The Hall–Kier alpha value is -4.35. The van der Waals surface area contributed by atoms with Crippen LogP contribution in [0.1, 0.15) is 59.9 Å². The van der Waals surface area contributed by atoms with Crippen LogP contribution in [-0.2, 0) is 10.0 Å². The molecular formula is C28H28N6O4S. The Bertz CT molecular complexity index is 1910. The summed E-state index contributed by atoms with van der Waals surface area (Å²) in [5.41, 5.74) is 4.48. The van der Waals surface area contributed by atoms with Crippen LogP contribution in [0.25, 0.3) is 27.7 Å². The predicted molar refractivity (Wildman–Crippen MR) is 149 cm³/mol. The van der Waals surface area contributed by atoms with Crippen molar-refractivity contribution in [3.05, 3.63) is 93.7 Å². The molecule has 5 aromatic rings. The van der Waals surface area contributed by atoms with Gasteiger partial charge in [-0.1, -0.05) is 38.1 Å². The number of hydrogen-bond donors (Lipinski definition) is 3. The molecule has 0 radical (unpaired) electrons. The number of carbonyl (C=O) groups excluding carboxylic acids is 1. The SMILES string of the molecule is Cc1cccc2ncc(-c3cn4nc(C(=O)NC(C)c5ccc(S(N)(=O)=O)cc5)c(C(C)C)c4c(=O)[nH]3)cc12. The molecule has 4 N–H and O–H groups in total. The molecule has 2 aromatic carbocycles. The second kappa shape index (κ2) is 9.75. The van der Waals surface area contributed by atoms with Crippen molar-refractivity contribution in [3.8, 4) is 11.3 Å². The van der Waals surface area contributed by atoms with Gasteiger partial charge in [0.25, 0.3) is 11.5 Å². The Labute approximate surface area is 225 Å². The summed E-state index contributed by atoms with van der Waals surface area (Å²) in [6.07, 6.45) is 3.39. The van der Waals surface area contributed by atoms with E-state index in [1.54, 1.807) is 31.5 Å². The minimum atomic E-state index is -3.82. The molecule has 0 aliphatic carbocycles. The molecule has 1 unspecified atom stereocenters. The summed E-state index contributed by atoms with van der Waals surface area (Å²) in [4.78, 5) is 34.1. The van der Waals surface area contributed by atoms with E-state index in [0.717, 1.165) is 22.0 Å². The van der Waals surface area contributed by atoms with E-state index < -0.39 is 22.0 Å². The van der Waals surface area contributed by atoms with Crippen molar-refractivity contribution < 1.29 is 13.2 Å². The van der Waals surface area contributed by atoms with Gasteiger partial charge in [-0.25, -0.2) is 18.1 Å². The lowest BCUT2D eigenvalue weighted by atomic mass is 10.0. The van der Waals surface area contributed by atoms with Crippen LogP contribution in [0.5, 0.6) is 0 Å². The first-order chi connectivity index (χ1) is 18.4. The average Bonchev–Trinajstić information content (AvgIpc) is 3.29. The predicted octanol–water partition coefficient (Wildman–Crippen LogP) is 3.81. The molecule has 10 nitrogen and oxygen atoms in total. The number of nitrogens with one attached hydrogen (secondary N) is 2. The number of aryl methyl sites for hydroxylation is 1. The highest BCUT2D eigenvalue weighted by Gasteiger charge is 2.25. The van der Waals surface area contributed by atoms with Gasteiger partial charge in [-0.2, -0.15) is 5.10 Å². The molecule has 0 aliphatic heterocycles. The number of primary sulfonamides is 1. The first-order valence-electron chi connectivity index (χ1n) is 12.4. The highest BCUT2D eigenvalue weighted by atomic mass is 32.2. The van der Waals surface area contributed by atoms with Crippen molar-refractivity contribution in [1.82, 2.24) is 24.9 Å². The summed E-state index contributed by atoms with van der Waals surface area (Å²) in [5, 5.41) is 13.6. The normalized spacial score (nSPS) is 12.8. The van der Waals surface area contributed by atoms with E-state index in [1.165, 1.54) is 16.6 Å². The molecule has 200 valence electrons. The summed E-state index contributed by atoms with van der Waals surface area (Å²) in [6, 6.07) is 13.4. The minimum absolute atomic E-state index is 0.0148. The van der Waals surface area contributed by atoms with Gasteiger partial charge in [0.15, 0.2) is 5.69 Å². The van der Waals surface area contributed by atoms with Crippen LogP contribution in [0.4, 0.5) is 0 Å². The van der Waals surface area contributed by atoms with E-state index in [9.17, 15) is 18.0 Å². The zero-order valence-electron chi connectivity index (χ0n) is 21.9. The third-order valence-electron chi connectivity index (χ3n) is 6.77. The Morgan fingerprint density at radius 1 is 1.10 bits per heavy atom. The topological polar surface area (TPSA) is 152 Å². The highest BCUT2D eigenvalue weighted by Crippen LogP contribution is 2.27. The molecule has 3 heterocycles. The van der Waals surface area contributed by atoms with Crippen LogP contribution in [0.2, 0.25) is 0 Å². The Kier molecular flexibility index (Phi) is 6.57. The number of rotatable bonds is 6. The van der Waals surface area contributed by atoms with Crippen LogP contribution in [0.3, 0.4) is 0 Å². The summed E-state index contributed by atoms with van der Waals surface area (Å²) in [6.45, 7) is 7.57. The van der Waals surface area contributed by atoms with Crippen molar-refractivity contribution in [2.75, 3.05) is 0 Å². The Morgan fingerprint density at radius 3 is 2.49 bits per heavy atom. The van der Waals surface area contributed by atoms with Gasteiger partial charge in [0.2, 0.25) is 10.0 Å². The van der Waals surface area contributed by atoms with E-state index in [1.807, 2.05) is 45.0 Å². The standard InChI is InChI=1S/C28H28N6O4S/c1-15(2)24-25(27(35)31-17(4)18-8-10-20(11-9-18)39(29,37)38)33-34-14-23(32-28(36)26(24)34)19-12-21-16(3)6-5-7-22(21)30-13-19/h5-15,17H,1-4H3,(H,31,35)(H,32,36)(H2,29,37,38). The molecule has 1 amide bonds. The van der Waals surface area contributed by atoms with Gasteiger partial charge in [0.1, 0.15) is 5.52 Å². The van der Waals surface area contributed by atoms with Gasteiger partial charge in [-0.05, 0) is 55.2 Å². The van der Waals surface area contributed by atoms with Crippen LogP contribution >= 0.6 is 0 Å². The summed E-state index contributed by atoms with van der Waals surface area (Å²) in [7, 11) is -3.82. The third kappa shape index (κ3) is 4.93. The number of fused-ring (bicyclic) bond motifs is 2. The van der Waals surface area contributed by atoms with Crippen molar-refractivity contribution in [1.29, 1.82) is 0 Å². The van der Waals surface area contributed by atoms with Gasteiger partial charge >= 0.3 is 0 Å². The molecule has 1 atom stereocenters. The molecule has 0 spiro atoms. The lowest BCUT2D eigenvalue weighted by molar-refractivity contribution is 0.0933. The number of aromatic amines is 1. The zero-order chi connectivity index (χ0) is 28.1. The van der Waals surface area contributed by atoms with Crippen LogP contribution in [0, 0.1) is 6.92 Å². The molecule has 11 heteroatoms. The summed E-state index contributed by atoms with van der Waals surface area (Å²) < 4.78 is 24.5. The molecule has 0 saturated carbocycles. The van der Waals surface area contributed by atoms with Gasteiger partial charge in [-0.15, -0.1) is 0 Å². The van der Waals surface area contributed by atoms with E-state index in [4.69, 9.17) is 5.14 Å². The smallest absolute Gasteiger partial charge is 0.274 e. The van der Waals surface area contributed by atoms with Gasteiger partial charge in [0.05, 0.1) is 28.3 Å². The number of sulfonamides is 1. The maximum atomic E-state index is 13.4. The first-order valence-corrected chi connectivity index (χ1v) is 13.9. The van der Waals surface area contributed by atoms with Crippen molar-refractivity contribution in [2.24, 2.45) is 5.14 Å². The average molecular weight is 545 g/mol. The second-order valence-electron chi connectivity index (χ2n) is 9.88. The van der Waals surface area contributed by atoms with Crippen LogP contribution < -0.4 is 16.0 Å². The fourth-order valence-corrected chi connectivity index (χ4v) is 5.22. The fraction of sp³-hybridized carbons (Fsp3) is 0.214. The number of amides is 1. The van der Waals surface area contributed by atoms with Gasteiger partial charge in [-0.3, -0.25) is 14.6 Å². The number of hydrogen-bond acceptors (Lipinski definition) is 6. The number of nitrogens with two attached hydrogens (primary N) is 1. The quantitative estimate of drug-likeness (QED) is 0.296. The molecule has 0 fully saturated rings. The molecule has 0 saturated heterocycles. The van der Waals surface area contributed by atoms with Crippen molar-refractivity contribution in [3.63, 3.8) is 0 Å². The second-order valence-corrected chi connectivity index (χ2v) is 11.4.